The molecule has 2 heterocycles. The molecule has 1 unspecified atom stereocenters. The SMILES string of the molecule is Cc1nn(C)c2c1C(c1ccc(I)cc1)SCC(=O)N2. The Morgan fingerprint density at radius 3 is 2.80 bits per heavy atom. The Labute approximate surface area is 135 Å². The molecule has 1 amide bonds. The molecule has 0 saturated heterocycles. The number of amides is 1. The Kier molecular flexibility index (Phi) is 3.76. The highest BCUT2D eigenvalue weighted by Crippen LogP contribution is 2.42. The van der Waals surface area contributed by atoms with Crippen molar-refractivity contribution in [2.75, 3.05) is 11.1 Å². The maximum absolute atomic E-state index is 11.9. The lowest BCUT2D eigenvalue weighted by Crippen LogP contribution is -2.15. The molecule has 0 aliphatic carbocycles. The number of hydrogen-bond acceptors (Lipinski definition) is 3. The molecule has 1 aromatic heterocycles. The zero-order chi connectivity index (χ0) is 14.3. The summed E-state index contributed by atoms with van der Waals surface area (Å²) in [6.07, 6.45) is 0. The van der Waals surface area contributed by atoms with Gasteiger partial charge in [0.15, 0.2) is 0 Å². The second-order valence-corrected chi connectivity index (χ2v) is 7.10. The number of nitrogens with one attached hydrogen (secondary N) is 1. The molecule has 1 aromatic carbocycles. The standard InChI is InChI=1S/C14H14IN3OS/c1-8-12-13(9-3-5-10(15)6-4-9)20-7-11(19)16-14(12)18(2)17-8/h3-6,13H,7H2,1-2H3,(H,16,19). The summed E-state index contributed by atoms with van der Waals surface area (Å²) in [5, 5.41) is 7.56. The smallest absolute Gasteiger partial charge is 0.235 e. The molecule has 1 aliphatic rings. The molecule has 0 spiro atoms. The van der Waals surface area contributed by atoms with Gasteiger partial charge in [0.05, 0.1) is 16.7 Å². The summed E-state index contributed by atoms with van der Waals surface area (Å²) >= 11 is 3.95. The van der Waals surface area contributed by atoms with Crippen LogP contribution < -0.4 is 5.32 Å². The summed E-state index contributed by atoms with van der Waals surface area (Å²) in [6, 6.07) is 8.46. The number of carbonyl (C=O) groups excluding carboxylic acids is 1. The van der Waals surface area contributed by atoms with Gasteiger partial charge in [0, 0.05) is 16.2 Å². The van der Waals surface area contributed by atoms with Crippen molar-refractivity contribution >= 4 is 46.1 Å². The molecule has 2 aromatic rings. The second kappa shape index (κ2) is 5.40. The summed E-state index contributed by atoms with van der Waals surface area (Å²) in [7, 11) is 1.87. The van der Waals surface area contributed by atoms with Gasteiger partial charge in [-0.3, -0.25) is 9.48 Å². The summed E-state index contributed by atoms with van der Waals surface area (Å²) in [5.74, 6) is 1.32. The van der Waals surface area contributed by atoms with Crippen molar-refractivity contribution in [3.63, 3.8) is 0 Å². The van der Waals surface area contributed by atoms with Crippen LogP contribution in [0.4, 0.5) is 5.82 Å². The number of thioether (sulfide) groups is 1. The molecule has 104 valence electrons. The van der Waals surface area contributed by atoms with E-state index in [1.54, 1.807) is 16.4 Å². The summed E-state index contributed by atoms with van der Waals surface area (Å²) in [4.78, 5) is 11.9. The number of fused-ring (bicyclic) bond motifs is 1. The van der Waals surface area contributed by atoms with Gasteiger partial charge in [0.1, 0.15) is 5.82 Å². The van der Waals surface area contributed by atoms with E-state index in [9.17, 15) is 4.79 Å². The highest BCUT2D eigenvalue weighted by Gasteiger charge is 2.29. The molecule has 0 fully saturated rings. The van der Waals surface area contributed by atoms with E-state index in [-0.39, 0.29) is 11.2 Å². The van der Waals surface area contributed by atoms with Crippen LogP contribution in [0.1, 0.15) is 22.1 Å². The van der Waals surface area contributed by atoms with Crippen LogP contribution in [0.3, 0.4) is 0 Å². The predicted molar refractivity (Wildman–Crippen MR) is 90.0 cm³/mol. The van der Waals surface area contributed by atoms with Crippen LogP contribution in [0.2, 0.25) is 0 Å². The van der Waals surface area contributed by atoms with Crippen LogP contribution in [0.5, 0.6) is 0 Å². The Balaban J connectivity index is 2.12. The monoisotopic (exact) mass is 399 g/mol. The van der Waals surface area contributed by atoms with Gasteiger partial charge < -0.3 is 5.32 Å². The Morgan fingerprint density at radius 1 is 1.40 bits per heavy atom. The highest BCUT2D eigenvalue weighted by atomic mass is 127. The molecule has 0 bridgehead atoms. The lowest BCUT2D eigenvalue weighted by atomic mass is 10.0. The number of rotatable bonds is 1. The van der Waals surface area contributed by atoms with Crippen LogP contribution in [0.25, 0.3) is 0 Å². The number of carbonyl (C=O) groups is 1. The van der Waals surface area contributed by atoms with E-state index in [4.69, 9.17) is 0 Å². The van der Waals surface area contributed by atoms with Crippen LogP contribution in [-0.2, 0) is 11.8 Å². The predicted octanol–water partition coefficient (Wildman–Crippen LogP) is 3.11. The van der Waals surface area contributed by atoms with E-state index in [2.05, 4.69) is 57.3 Å². The van der Waals surface area contributed by atoms with Crippen molar-refractivity contribution in [2.24, 2.45) is 7.05 Å². The molecule has 20 heavy (non-hydrogen) atoms. The Hall–Kier alpha value is -1.02. The average Bonchev–Trinajstić information content (AvgIpc) is 2.60. The van der Waals surface area contributed by atoms with Crippen molar-refractivity contribution < 1.29 is 4.79 Å². The molecule has 1 N–H and O–H groups in total. The van der Waals surface area contributed by atoms with Crippen molar-refractivity contribution in [2.45, 2.75) is 12.2 Å². The fourth-order valence-electron chi connectivity index (χ4n) is 2.45. The molecular formula is C14H14IN3OS. The van der Waals surface area contributed by atoms with Crippen LogP contribution in [0.15, 0.2) is 24.3 Å². The second-order valence-electron chi connectivity index (χ2n) is 4.76. The zero-order valence-corrected chi connectivity index (χ0v) is 14.2. The number of aryl methyl sites for hydroxylation is 2. The minimum atomic E-state index is 0.0345. The molecular weight excluding hydrogens is 385 g/mol. The first-order valence-electron chi connectivity index (χ1n) is 6.26. The summed E-state index contributed by atoms with van der Waals surface area (Å²) in [5.41, 5.74) is 3.30. The third-order valence-electron chi connectivity index (χ3n) is 3.34. The molecule has 3 rings (SSSR count). The maximum Gasteiger partial charge on any atom is 0.235 e. The quantitative estimate of drug-likeness (QED) is 0.750. The minimum absolute atomic E-state index is 0.0345. The number of anilines is 1. The van der Waals surface area contributed by atoms with Crippen molar-refractivity contribution in [1.29, 1.82) is 0 Å². The van der Waals surface area contributed by atoms with Crippen LogP contribution >= 0.6 is 34.4 Å². The number of benzene rings is 1. The third kappa shape index (κ3) is 2.46. The fourth-order valence-corrected chi connectivity index (χ4v) is 4.00. The van der Waals surface area contributed by atoms with E-state index in [1.165, 1.54) is 9.13 Å². The summed E-state index contributed by atoms with van der Waals surface area (Å²) in [6.45, 7) is 2.00. The number of hydrogen-bond donors (Lipinski definition) is 1. The zero-order valence-electron chi connectivity index (χ0n) is 11.2. The third-order valence-corrected chi connectivity index (χ3v) is 5.33. The number of nitrogens with zero attached hydrogens (tertiary/aromatic N) is 2. The number of aromatic nitrogens is 2. The van der Waals surface area contributed by atoms with Gasteiger partial charge >= 0.3 is 0 Å². The van der Waals surface area contributed by atoms with Gasteiger partial charge in [0.2, 0.25) is 5.91 Å². The molecule has 4 nitrogen and oxygen atoms in total. The average molecular weight is 399 g/mol. The van der Waals surface area contributed by atoms with Gasteiger partial charge in [0.25, 0.3) is 0 Å². The van der Waals surface area contributed by atoms with E-state index in [0.29, 0.717) is 5.75 Å². The minimum Gasteiger partial charge on any atom is -0.310 e. The first-order chi connectivity index (χ1) is 9.56. The first-order valence-corrected chi connectivity index (χ1v) is 8.39. The maximum atomic E-state index is 11.9. The lowest BCUT2D eigenvalue weighted by molar-refractivity contribution is -0.113. The highest BCUT2D eigenvalue weighted by molar-refractivity contribution is 14.1. The van der Waals surface area contributed by atoms with Crippen LogP contribution in [0, 0.1) is 10.5 Å². The van der Waals surface area contributed by atoms with Gasteiger partial charge in [-0.1, -0.05) is 12.1 Å². The fraction of sp³-hybridized carbons (Fsp3) is 0.286. The van der Waals surface area contributed by atoms with E-state index < -0.39 is 0 Å². The molecule has 0 radical (unpaired) electrons. The number of halogens is 1. The van der Waals surface area contributed by atoms with E-state index in [1.807, 2.05) is 14.0 Å². The van der Waals surface area contributed by atoms with E-state index in [0.717, 1.165) is 17.1 Å². The van der Waals surface area contributed by atoms with Crippen molar-refractivity contribution in [3.05, 3.63) is 44.7 Å². The largest absolute Gasteiger partial charge is 0.310 e. The van der Waals surface area contributed by atoms with E-state index >= 15 is 0 Å². The van der Waals surface area contributed by atoms with Gasteiger partial charge in [-0.15, -0.1) is 11.8 Å². The first kappa shape index (κ1) is 13.9. The lowest BCUT2D eigenvalue weighted by Gasteiger charge is -2.15. The Morgan fingerprint density at radius 2 is 2.10 bits per heavy atom. The summed E-state index contributed by atoms with van der Waals surface area (Å²) < 4.78 is 2.97. The molecule has 6 heteroatoms. The van der Waals surface area contributed by atoms with Gasteiger partial charge in [-0.25, -0.2) is 0 Å². The topological polar surface area (TPSA) is 46.9 Å². The normalized spacial score (nSPS) is 18.4. The van der Waals surface area contributed by atoms with Crippen LogP contribution in [-0.4, -0.2) is 21.4 Å². The molecule has 1 aliphatic heterocycles. The van der Waals surface area contributed by atoms with Crippen molar-refractivity contribution in [1.82, 2.24) is 9.78 Å². The van der Waals surface area contributed by atoms with Gasteiger partial charge in [-0.05, 0) is 47.2 Å². The Bertz CT molecular complexity index is 666. The van der Waals surface area contributed by atoms with Gasteiger partial charge in [-0.2, -0.15) is 5.10 Å². The molecule has 0 saturated carbocycles. The van der Waals surface area contributed by atoms with Crippen molar-refractivity contribution in [3.8, 4) is 0 Å². The molecule has 1 atom stereocenters.